The highest BCUT2D eigenvalue weighted by molar-refractivity contribution is 7.91. The van der Waals surface area contributed by atoms with Crippen molar-refractivity contribution in [1.82, 2.24) is 19.6 Å². The Morgan fingerprint density at radius 1 is 1.21 bits per heavy atom. The van der Waals surface area contributed by atoms with Gasteiger partial charge in [0.2, 0.25) is 5.69 Å². The summed E-state index contributed by atoms with van der Waals surface area (Å²) in [4.78, 5) is 25.0. The van der Waals surface area contributed by atoms with E-state index >= 15 is 0 Å². The number of nitrogens with zero attached hydrogens (tertiary/aromatic N) is 4. The quantitative estimate of drug-likeness (QED) is 0.476. The lowest BCUT2D eigenvalue weighted by atomic mass is 10.3. The van der Waals surface area contributed by atoms with E-state index in [2.05, 4.69) is 15.5 Å². The zero-order chi connectivity index (χ0) is 24.3. The summed E-state index contributed by atoms with van der Waals surface area (Å²) in [6, 6.07) is 10.5. The molecular weight excluding hydrogens is 462 g/mol. The van der Waals surface area contributed by atoms with Gasteiger partial charge in [-0.1, -0.05) is 18.2 Å². The van der Waals surface area contributed by atoms with Gasteiger partial charge in [-0.2, -0.15) is 10.2 Å². The maximum Gasteiger partial charge on any atom is 0.362 e. The molecular formula is C22H25N5O6S. The summed E-state index contributed by atoms with van der Waals surface area (Å²) in [6.07, 6.45) is 1.94. The number of aryl methyl sites for hydroxylation is 1. The average Bonchev–Trinajstić information content (AvgIpc) is 3.49. The van der Waals surface area contributed by atoms with Crippen molar-refractivity contribution in [3.63, 3.8) is 0 Å². The number of carbonyl (C=O) groups excluding carboxylic acids is 2. The first-order chi connectivity index (χ1) is 16.3. The fourth-order valence-corrected chi connectivity index (χ4v) is 5.39. The number of hydrogen-bond donors (Lipinski definition) is 1. The minimum absolute atomic E-state index is 0.0188. The van der Waals surface area contributed by atoms with Crippen LogP contribution in [0.15, 0.2) is 42.6 Å². The molecule has 1 amide bonds. The van der Waals surface area contributed by atoms with Crippen molar-refractivity contribution in [1.29, 1.82) is 0 Å². The van der Waals surface area contributed by atoms with Gasteiger partial charge in [0.1, 0.15) is 5.82 Å². The number of ether oxygens (including phenoxy) is 2. The smallest absolute Gasteiger partial charge is 0.362 e. The summed E-state index contributed by atoms with van der Waals surface area (Å²) in [5.74, 6) is -0.597. The molecule has 34 heavy (non-hydrogen) atoms. The standard InChI is InChI=1S/C22H25N5O6S/c1-3-32-22(29)21-18(12-26(25-21)16-7-5-4-6-8-16)33-13-20(28)23-19-11-15(2)24-27(19)17-9-10-34(30,31)14-17/h4-8,11-12,17H,3,9-10,13-14H2,1-2H3,(H,23,28). The second kappa shape index (κ2) is 9.67. The lowest BCUT2D eigenvalue weighted by Gasteiger charge is -2.14. The Morgan fingerprint density at radius 2 is 1.97 bits per heavy atom. The summed E-state index contributed by atoms with van der Waals surface area (Å²) in [7, 11) is -3.12. The second-order valence-corrected chi connectivity index (χ2v) is 10.1. The highest BCUT2D eigenvalue weighted by atomic mass is 32.2. The van der Waals surface area contributed by atoms with Crippen molar-refractivity contribution in [2.24, 2.45) is 0 Å². The van der Waals surface area contributed by atoms with E-state index in [-0.39, 0.29) is 35.6 Å². The Morgan fingerprint density at radius 3 is 2.65 bits per heavy atom. The molecule has 0 radical (unpaired) electrons. The molecule has 3 aromatic rings. The molecule has 0 spiro atoms. The molecule has 0 bridgehead atoms. The Bertz CT molecular complexity index is 1300. The number of sulfone groups is 1. The zero-order valence-electron chi connectivity index (χ0n) is 18.8. The van der Waals surface area contributed by atoms with Crippen LogP contribution in [0.25, 0.3) is 5.69 Å². The largest absolute Gasteiger partial charge is 0.480 e. The molecule has 1 N–H and O–H groups in total. The van der Waals surface area contributed by atoms with E-state index in [1.165, 1.54) is 15.6 Å². The van der Waals surface area contributed by atoms with Crippen molar-refractivity contribution in [3.8, 4) is 11.4 Å². The van der Waals surface area contributed by atoms with Gasteiger partial charge >= 0.3 is 5.97 Å². The summed E-state index contributed by atoms with van der Waals surface area (Å²) in [6.45, 7) is 3.20. The molecule has 12 heteroatoms. The van der Waals surface area contributed by atoms with Gasteiger partial charge in [0.25, 0.3) is 5.91 Å². The molecule has 0 saturated carbocycles. The number of benzene rings is 1. The van der Waals surface area contributed by atoms with Crippen LogP contribution in [0.4, 0.5) is 5.82 Å². The fourth-order valence-electron chi connectivity index (χ4n) is 3.70. The first-order valence-corrected chi connectivity index (χ1v) is 12.6. The van der Waals surface area contributed by atoms with Gasteiger partial charge in [-0.05, 0) is 32.4 Å². The van der Waals surface area contributed by atoms with E-state index < -0.39 is 28.3 Å². The number of carbonyl (C=O) groups is 2. The van der Waals surface area contributed by atoms with Crippen LogP contribution in [-0.2, 0) is 19.4 Å². The average molecular weight is 488 g/mol. The molecule has 0 aliphatic carbocycles. The van der Waals surface area contributed by atoms with Crippen molar-refractivity contribution >= 4 is 27.5 Å². The molecule has 11 nitrogen and oxygen atoms in total. The summed E-state index contributed by atoms with van der Waals surface area (Å²) >= 11 is 0. The number of amides is 1. The third-order valence-electron chi connectivity index (χ3n) is 5.21. The normalized spacial score (nSPS) is 16.8. The van der Waals surface area contributed by atoms with Gasteiger partial charge in [-0.3, -0.25) is 4.79 Å². The van der Waals surface area contributed by atoms with Gasteiger partial charge in [-0.15, -0.1) is 0 Å². The fraction of sp³-hybridized carbons (Fsp3) is 0.364. The molecule has 1 fully saturated rings. The Balaban J connectivity index is 1.48. The molecule has 1 aliphatic rings. The Labute approximate surface area is 196 Å². The van der Waals surface area contributed by atoms with Crippen LogP contribution < -0.4 is 10.1 Å². The van der Waals surface area contributed by atoms with Crippen molar-refractivity contribution in [2.75, 3.05) is 30.0 Å². The van der Waals surface area contributed by atoms with Crippen LogP contribution in [0, 0.1) is 6.92 Å². The van der Waals surface area contributed by atoms with Crippen LogP contribution in [0.5, 0.6) is 5.75 Å². The predicted molar refractivity (Wildman–Crippen MR) is 123 cm³/mol. The first-order valence-electron chi connectivity index (χ1n) is 10.8. The third kappa shape index (κ3) is 5.28. The third-order valence-corrected chi connectivity index (χ3v) is 6.96. The topological polar surface area (TPSA) is 134 Å². The van der Waals surface area contributed by atoms with Gasteiger partial charge in [0.15, 0.2) is 22.2 Å². The van der Waals surface area contributed by atoms with Crippen LogP contribution in [0.3, 0.4) is 0 Å². The van der Waals surface area contributed by atoms with E-state index in [0.29, 0.717) is 23.6 Å². The van der Waals surface area contributed by atoms with Gasteiger partial charge in [-0.25, -0.2) is 22.6 Å². The summed E-state index contributed by atoms with van der Waals surface area (Å²) < 4.78 is 37.4. The monoisotopic (exact) mass is 487 g/mol. The van der Waals surface area contributed by atoms with E-state index in [1.54, 1.807) is 19.9 Å². The number of nitrogens with one attached hydrogen (secondary N) is 1. The number of rotatable bonds is 8. The maximum atomic E-state index is 12.6. The zero-order valence-corrected chi connectivity index (χ0v) is 19.6. The lowest BCUT2D eigenvalue weighted by Crippen LogP contribution is -2.24. The van der Waals surface area contributed by atoms with Crippen LogP contribution >= 0.6 is 0 Å². The van der Waals surface area contributed by atoms with E-state index in [9.17, 15) is 18.0 Å². The number of aromatic nitrogens is 4. The SMILES string of the molecule is CCOC(=O)c1nn(-c2ccccc2)cc1OCC(=O)Nc1cc(C)nn1C1CCS(=O)(=O)C1. The van der Waals surface area contributed by atoms with Crippen LogP contribution in [0.1, 0.15) is 35.6 Å². The van der Waals surface area contributed by atoms with Crippen molar-refractivity contribution in [2.45, 2.75) is 26.3 Å². The number of anilines is 1. The van der Waals surface area contributed by atoms with Gasteiger partial charge in [0, 0.05) is 6.07 Å². The molecule has 4 rings (SSSR count). The molecule has 1 saturated heterocycles. The number of hydrogen-bond acceptors (Lipinski definition) is 8. The molecule has 1 atom stereocenters. The Hall–Kier alpha value is -3.67. The second-order valence-electron chi connectivity index (χ2n) is 7.85. The molecule has 3 heterocycles. The molecule has 180 valence electrons. The summed E-state index contributed by atoms with van der Waals surface area (Å²) in [5, 5.41) is 11.3. The maximum absolute atomic E-state index is 12.6. The molecule has 1 aromatic carbocycles. The highest BCUT2D eigenvalue weighted by Crippen LogP contribution is 2.27. The molecule has 1 unspecified atom stereocenters. The van der Waals surface area contributed by atoms with Gasteiger partial charge in [0.05, 0.1) is 41.7 Å². The predicted octanol–water partition coefficient (Wildman–Crippen LogP) is 1.93. The minimum Gasteiger partial charge on any atom is -0.480 e. The van der Waals surface area contributed by atoms with Crippen molar-refractivity contribution in [3.05, 3.63) is 54.0 Å². The van der Waals surface area contributed by atoms with E-state index in [0.717, 1.165) is 0 Å². The Kier molecular flexibility index (Phi) is 6.68. The van der Waals surface area contributed by atoms with Crippen LogP contribution in [-0.4, -0.2) is 64.6 Å². The number of esters is 1. The highest BCUT2D eigenvalue weighted by Gasteiger charge is 2.31. The van der Waals surface area contributed by atoms with Gasteiger partial charge < -0.3 is 14.8 Å². The van der Waals surface area contributed by atoms with E-state index in [1.807, 2.05) is 30.3 Å². The lowest BCUT2D eigenvalue weighted by molar-refractivity contribution is -0.118. The van der Waals surface area contributed by atoms with Crippen LogP contribution in [0.2, 0.25) is 0 Å². The van der Waals surface area contributed by atoms with Crippen molar-refractivity contribution < 1.29 is 27.5 Å². The van der Waals surface area contributed by atoms with E-state index in [4.69, 9.17) is 9.47 Å². The molecule has 1 aliphatic heterocycles. The molecule has 2 aromatic heterocycles. The minimum atomic E-state index is -3.12. The summed E-state index contributed by atoms with van der Waals surface area (Å²) in [5.41, 5.74) is 1.31. The first kappa shape index (κ1) is 23.5. The number of para-hydroxylation sites is 1.